The van der Waals surface area contributed by atoms with Gasteiger partial charge in [0.05, 0.1) is 5.54 Å². The number of hydrogen-bond donors (Lipinski definition) is 1. The van der Waals surface area contributed by atoms with Crippen LogP contribution in [-0.2, 0) is 5.54 Å². The maximum atomic E-state index is 14.1. The van der Waals surface area contributed by atoms with E-state index in [0.29, 0.717) is 0 Å². The number of benzene rings is 1. The smallest absolute Gasteiger partial charge is 0.131 e. The molecule has 1 atom stereocenters. The highest BCUT2D eigenvalue weighted by Gasteiger charge is 2.39. The van der Waals surface area contributed by atoms with Crippen molar-refractivity contribution in [2.24, 2.45) is 5.92 Å². The van der Waals surface area contributed by atoms with Gasteiger partial charge in [0.2, 0.25) is 0 Å². The van der Waals surface area contributed by atoms with E-state index in [1.165, 1.54) is 18.2 Å². The Morgan fingerprint density at radius 2 is 1.78 bits per heavy atom. The van der Waals surface area contributed by atoms with Crippen molar-refractivity contribution in [3.05, 3.63) is 35.4 Å². The molecule has 1 nitrogen and oxygen atoms in total. The molecule has 1 aromatic rings. The molecule has 0 amide bonds. The Hall–Kier alpha value is -0.960. The summed E-state index contributed by atoms with van der Waals surface area (Å²) < 4.78 is 28.2. The van der Waals surface area contributed by atoms with Crippen LogP contribution in [0.4, 0.5) is 8.78 Å². The Kier molecular flexibility index (Phi) is 4.00. The molecule has 1 aliphatic rings. The standard InChI is InChI=1S/C15H21F2N/c1-11(2)15(9-4-3-5-10-18-15)14-12(16)7-6-8-13(14)17/h6-8,11,18H,3-5,9-10H2,1-2H3. The molecule has 0 bridgehead atoms. The van der Waals surface area contributed by atoms with Gasteiger partial charge in [0.15, 0.2) is 0 Å². The van der Waals surface area contributed by atoms with E-state index in [4.69, 9.17) is 0 Å². The third-order valence-electron chi connectivity index (χ3n) is 4.08. The minimum absolute atomic E-state index is 0.155. The first-order chi connectivity index (χ1) is 8.58. The summed E-state index contributed by atoms with van der Waals surface area (Å²) in [4.78, 5) is 0. The van der Waals surface area contributed by atoms with E-state index in [0.717, 1.165) is 32.2 Å². The lowest BCUT2D eigenvalue weighted by molar-refractivity contribution is 0.214. The Morgan fingerprint density at radius 3 is 2.39 bits per heavy atom. The lowest BCUT2D eigenvalue weighted by Crippen LogP contribution is -2.47. The van der Waals surface area contributed by atoms with Crippen molar-refractivity contribution < 1.29 is 8.78 Å². The summed E-state index contributed by atoms with van der Waals surface area (Å²) in [5.74, 6) is -0.710. The average Bonchev–Trinajstić information content (AvgIpc) is 2.55. The van der Waals surface area contributed by atoms with Gasteiger partial charge in [-0.1, -0.05) is 32.8 Å². The van der Waals surface area contributed by atoms with Crippen LogP contribution in [0.1, 0.15) is 45.1 Å². The zero-order chi connectivity index (χ0) is 13.2. The van der Waals surface area contributed by atoms with Crippen LogP contribution in [0.15, 0.2) is 18.2 Å². The lowest BCUT2D eigenvalue weighted by Gasteiger charge is -2.38. The summed E-state index contributed by atoms with van der Waals surface area (Å²) in [5.41, 5.74) is -0.340. The Bertz CT molecular complexity index is 387. The number of nitrogens with one attached hydrogen (secondary N) is 1. The van der Waals surface area contributed by atoms with Crippen molar-refractivity contribution in [3.8, 4) is 0 Å². The Balaban J connectivity index is 2.52. The molecule has 3 heteroatoms. The summed E-state index contributed by atoms with van der Waals surface area (Å²) in [6.07, 6.45) is 4.00. The molecule has 0 aliphatic carbocycles. The predicted octanol–water partition coefficient (Wildman–Crippen LogP) is 3.98. The van der Waals surface area contributed by atoms with Crippen molar-refractivity contribution in [1.82, 2.24) is 5.32 Å². The second-order valence-corrected chi connectivity index (χ2v) is 5.46. The molecule has 1 aromatic carbocycles. The van der Waals surface area contributed by atoms with Gasteiger partial charge in [0, 0.05) is 5.56 Å². The van der Waals surface area contributed by atoms with Crippen molar-refractivity contribution in [2.45, 2.75) is 45.1 Å². The van der Waals surface area contributed by atoms with Gasteiger partial charge < -0.3 is 5.32 Å². The van der Waals surface area contributed by atoms with Crippen molar-refractivity contribution in [2.75, 3.05) is 6.54 Å². The fourth-order valence-corrected chi connectivity index (χ4v) is 3.02. The third kappa shape index (κ3) is 2.28. The number of halogens is 2. The summed E-state index contributed by atoms with van der Waals surface area (Å²) in [6, 6.07) is 4.14. The van der Waals surface area contributed by atoms with Gasteiger partial charge in [-0.3, -0.25) is 0 Å². The average molecular weight is 253 g/mol. The summed E-state index contributed by atoms with van der Waals surface area (Å²) >= 11 is 0. The molecule has 0 spiro atoms. The fraction of sp³-hybridized carbons (Fsp3) is 0.600. The van der Waals surface area contributed by atoms with Crippen molar-refractivity contribution >= 4 is 0 Å². The van der Waals surface area contributed by atoms with Gasteiger partial charge >= 0.3 is 0 Å². The minimum Gasteiger partial charge on any atom is -0.307 e. The van der Waals surface area contributed by atoms with Crippen molar-refractivity contribution in [3.63, 3.8) is 0 Å². The maximum Gasteiger partial charge on any atom is 0.131 e. The monoisotopic (exact) mass is 253 g/mol. The molecular weight excluding hydrogens is 232 g/mol. The van der Waals surface area contributed by atoms with Gasteiger partial charge in [-0.05, 0) is 37.4 Å². The zero-order valence-electron chi connectivity index (χ0n) is 11.1. The van der Waals surface area contributed by atoms with Crippen LogP contribution in [-0.4, -0.2) is 6.54 Å². The van der Waals surface area contributed by atoms with Gasteiger partial charge in [-0.25, -0.2) is 8.78 Å². The second-order valence-electron chi connectivity index (χ2n) is 5.46. The van der Waals surface area contributed by atoms with Gasteiger partial charge in [0.1, 0.15) is 11.6 Å². The predicted molar refractivity (Wildman–Crippen MR) is 69.3 cm³/mol. The molecule has 100 valence electrons. The topological polar surface area (TPSA) is 12.0 Å². The van der Waals surface area contributed by atoms with Crippen molar-refractivity contribution in [1.29, 1.82) is 0 Å². The largest absolute Gasteiger partial charge is 0.307 e. The lowest BCUT2D eigenvalue weighted by atomic mass is 9.76. The van der Waals surface area contributed by atoms with E-state index in [2.05, 4.69) is 5.32 Å². The summed E-state index contributed by atoms with van der Waals surface area (Å²) in [7, 11) is 0. The summed E-state index contributed by atoms with van der Waals surface area (Å²) in [5, 5.41) is 3.41. The molecule has 1 fully saturated rings. The van der Waals surface area contributed by atoms with Crippen LogP contribution in [0.5, 0.6) is 0 Å². The molecule has 18 heavy (non-hydrogen) atoms. The van der Waals surface area contributed by atoms with Crippen LogP contribution in [0.2, 0.25) is 0 Å². The first kappa shape index (κ1) is 13.5. The quantitative estimate of drug-likeness (QED) is 0.840. The molecule has 1 heterocycles. The van der Waals surface area contributed by atoms with E-state index in [9.17, 15) is 8.78 Å². The van der Waals surface area contributed by atoms with Crippen LogP contribution in [0, 0.1) is 17.6 Å². The molecule has 0 radical (unpaired) electrons. The van der Waals surface area contributed by atoms with E-state index in [1.54, 1.807) is 0 Å². The van der Waals surface area contributed by atoms with E-state index in [1.807, 2.05) is 13.8 Å². The molecule has 1 unspecified atom stereocenters. The maximum absolute atomic E-state index is 14.1. The normalized spacial score (nSPS) is 25.2. The molecule has 0 aromatic heterocycles. The van der Waals surface area contributed by atoms with Crippen LogP contribution >= 0.6 is 0 Å². The van der Waals surface area contributed by atoms with E-state index in [-0.39, 0.29) is 11.5 Å². The van der Waals surface area contributed by atoms with E-state index >= 15 is 0 Å². The second kappa shape index (κ2) is 5.35. The highest BCUT2D eigenvalue weighted by molar-refractivity contribution is 5.29. The van der Waals surface area contributed by atoms with Crippen LogP contribution in [0.3, 0.4) is 0 Å². The first-order valence-electron chi connectivity index (χ1n) is 6.77. The number of rotatable bonds is 2. The SMILES string of the molecule is CC(C)C1(c2c(F)cccc2F)CCCCCN1. The zero-order valence-corrected chi connectivity index (χ0v) is 11.1. The fourth-order valence-electron chi connectivity index (χ4n) is 3.02. The minimum atomic E-state index is -0.564. The third-order valence-corrected chi connectivity index (χ3v) is 4.08. The highest BCUT2D eigenvalue weighted by atomic mass is 19.1. The molecule has 1 N–H and O–H groups in total. The Morgan fingerprint density at radius 1 is 1.11 bits per heavy atom. The molecule has 1 aliphatic heterocycles. The summed E-state index contributed by atoms with van der Waals surface area (Å²) in [6.45, 7) is 4.89. The molecule has 2 rings (SSSR count). The van der Waals surface area contributed by atoms with Crippen LogP contribution in [0.25, 0.3) is 0 Å². The van der Waals surface area contributed by atoms with E-state index < -0.39 is 17.2 Å². The highest BCUT2D eigenvalue weighted by Crippen LogP contribution is 2.39. The molecular formula is C15H21F2N. The molecule has 1 saturated heterocycles. The Labute approximate surface area is 108 Å². The van der Waals surface area contributed by atoms with Crippen LogP contribution < -0.4 is 5.32 Å². The van der Waals surface area contributed by atoms with Gasteiger partial charge in [0.25, 0.3) is 0 Å². The molecule has 0 saturated carbocycles. The first-order valence-corrected chi connectivity index (χ1v) is 6.77. The number of hydrogen-bond acceptors (Lipinski definition) is 1. The van der Waals surface area contributed by atoms with Gasteiger partial charge in [-0.15, -0.1) is 0 Å². The van der Waals surface area contributed by atoms with Gasteiger partial charge in [-0.2, -0.15) is 0 Å².